The molecule has 0 aliphatic heterocycles. The Bertz CT molecular complexity index is 1310. The van der Waals surface area contributed by atoms with Gasteiger partial charge in [0, 0.05) is 28.1 Å². The maximum Gasteiger partial charge on any atom is 0.341 e. The molecule has 0 aromatic carbocycles. The highest BCUT2D eigenvalue weighted by molar-refractivity contribution is 7.98. The van der Waals surface area contributed by atoms with Crippen LogP contribution in [0.15, 0.2) is 66.1 Å². The first-order valence-electron chi connectivity index (χ1n) is 9.21. The van der Waals surface area contributed by atoms with Gasteiger partial charge in [0.15, 0.2) is 6.61 Å². The molecule has 5 rings (SSSR count). The number of nitrogens with zero attached hydrogens (tertiary/aromatic N) is 5. The smallest absolute Gasteiger partial charge is 0.341 e. The Balaban J connectivity index is 1.22. The number of hydrogen-bond acceptors (Lipinski definition) is 12. The molecule has 5 heterocycles. The minimum Gasteiger partial charge on any atom is -0.452 e. The molecule has 0 radical (unpaired) electrons. The molecule has 0 spiro atoms. The first-order chi connectivity index (χ1) is 15.8. The highest BCUT2D eigenvalue weighted by atomic mass is 32.2. The Morgan fingerprint density at radius 2 is 1.66 bits per heavy atom. The summed E-state index contributed by atoms with van der Waals surface area (Å²) in [6.45, 7) is -0.136. The third-order valence-electron chi connectivity index (χ3n) is 4.15. The van der Waals surface area contributed by atoms with Gasteiger partial charge in [0.05, 0.1) is 11.3 Å². The molecule has 0 unspecified atom stereocenters. The third-order valence-corrected chi connectivity index (χ3v) is 6.50. The second-order valence-electron chi connectivity index (χ2n) is 6.27. The molecule has 12 heteroatoms. The molecule has 5 aromatic heterocycles. The van der Waals surface area contributed by atoms with Crippen molar-refractivity contribution in [3.05, 3.63) is 69.3 Å². The molecule has 160 valence electrons. The van der Waals surface area contributed by atoms with Crippen LogP contribution < -0.4 is 0 Å². The molecule has 0 saturated heterocycles. The number of aromatic nitrogens is 5. The Morgan fingerprint density at radius 3 is 2.34 bits per heavy atom. The van der Waals surface area contributed by atoms with Gasteiger partial charge >= 0.3 is 5.97 Å². The zero-order valence-corrected chi connectivity index (χ0v) is 18.7. The summed E-state index contributed by atoms with van der Waals surface area (Å²) in [5.41, 5.74) is 2.08. The van der Waals surface area contributed by atoms with Crippen molar-refractivity contribution in [2.75, 3.05) is 0 Å². The number of ether oxygens (including phenoxy) is 1. The van der Waals surface area contributed by atoms with Crippen LogP contribution in [0.1, 0.15) is 22.1 Å². The van der Waals surface area contributed by atoms with Crippen LogP contribution in [0.4, 0.5) is 0 Å². The standard InChI is InChI=1S/C20H13N5O4S3/c26-20(27-8-15-22-17(24-28-15)12-3-6-30-9-12)14-2-1-5-21-19(14)32-11-16-23-18(25-29-16)13-4-7-31-10-13/h1-7,9-10H,8,11H2. The fourth-order valence-electron chi connectivity index (χ4n) is 2.64. The van der Waals surface area contributed by atoms with Crippen LogP contribution in [0.2, 0.25) is 0 Å². The second kappa shape index (κ2) is 9.42. The number of pyridine rings is 1. The quantitative estimate of drug-likeness (QED) is 0.221. The van der Waals surface area contributed by atoms with E-state index in [1.54, 1.807) is 29.7 Å². The molecule has 0 bridgehead atoms. The van der Waals surface area contributed by atoms with E-state index in [4.69, 9.17) is 13.8 Å². The van der Waals surface area contributed by atoms with E-state index in [9.17, 15) is 4.79 Å². The zero-order chi connectivity index (χ0) is 21.8. The molecule has 0 aliphatic carbocycles. The van der Waals surface area contributed by atoms with Gasteiger partial charge in [-0.1, -0.05) is 22.1 Å². The Hall–Kier alpha value is -3.35. The number of hydrogen-bond donors (Lipinski definition) is 0. The fourth-order valence-corrected chi connectivity index (χ4v) is 4.73. The largest absolute Gasteiger partial charge is 0.452 e. The van der Waals surface area contributed by atoms with E-state index in [1.807, 2.05) is 33.7 Å². The lowest BCUT2D eigenvalue weighted by atomic mass is 10.3. The van der Waals surface area contributed by atoms with Gasteiger partial charge in [-0.25, -0.2) is 9.78 Å². The van der Waals surface area contributed by atoms with Gasteiger partial charge in [-0.3, -0.25) is 0 Å². The maximum absolute atomic E-state index is 12.6. The molecular weight excluding hydrogens is 470 g/mol. The van der Waals surface area contributed by atoms with Crippen molar-refractivity contribution >= 4 is 40.4 Å². The van der Waals surface area contributed by atoms with Gasteiger partial charge < -0.3 is 13.8 Å². The van der Waals surface area contributed by atoms with Crippen molar-refractivity contribution in [2.45, 2.75) is 17.4 Å². The van der Waals surface area contributed by atoms with Crippen LogP contribution in [0.5, 0.6) is 0 Å². The Kier molecular flexibility index (Phi) is 6.05. The molecule has 0 aliphatic rings. The van der Waals surface area contributed by atoms with Crippen LogP contribution >= 0.6 is 34.4 Å². The van der Waals surface area contributed by atoms with Crippen LogP contribution in [-0.4, -0.2) is 31.2 Å². The van der Waals surface area contributed by atoms with E-state index in [0.717, 1.165) is 11.1 Å². The molecule has 32 heavy (non-hydrogen) atoms. The monoisotopic (exact) mass is 483 g/mol. The number of carbonyl (C=O) groups is 1. The van der Waals surface area contributed by atoms with Gasteiger partial charge in [0.25, 0.3) is 5.89 Å². The van der Waals surface area contributed by atoms with Gasteiger partial charge in [-0.15, -0.1) is 0 Å². The molecular formula is C20H13N5O4S3. The molecule has 9 nitrogen and oxygen atoms in total. The number of thioether (sulfide) groups is 1. The first kappa shape index (κ1) is 20.5. The molecule has 5 aromatic rings. The summed E-state index contributed by atoms with van der Waals surface area (Å²) >= 11 is 4.40. The number of esters is 1. The highest BCUT2D eigenvalue weighted by Gasteiger charge is 2.18. The lowest BCUT2D eigenvalue weighted by Gasteiger charge is -2.06. The summed E-state index contributed by atoms with van der Waals surface area (Å²) in [4.78, 5) is 25.5. The molecule has 0 amide bonds. The topological polar surface area (TPSA) is 117 Å². The van der Waals surface area contributed by atoms with Gasteiger partial charge in [-0.2, -0.15) is 32.6 Å². The fraction of sp³-hybridized carbons (Fsp3) is 0.100. The van der Waals surface area contributed by atoms with E-state index in [0.29, 0.717) is 33.9 Å². The van der Waals surface area contributed by atoms with Gasteiger partial charge in [-0.05, 0) is 35.0 Å². The number of carbonyl (C=O) groups excluding carboxylic acids is 1. The Morgan fingerprint density at radius 1 is 0.969 bits per heavy atom. The summed E-state index contributed by atoms with van der Waals surface area (Å²) in [6.07, 6.45) is 1.61. The lowest BCUT2D eigenvalue weighted by Crippen LogP contribution is -2.08. The summed E-state index contributed by atoms with van der Waals surface area (Å²) in [5.74, 6) is 1.46. The predicted molar refractivity (Wildman–Crippen MR) is 118 cm³/mol. The summed E-state index contributed by atoms with van der Waals surface area (Å²) in [7, 11) is 0. The van der Waals surface area contributed by atoms with Crippen LogP contribution in [0.3, 0.4) is 0 Å². The van der Waals surface area contributed by atoms with Crippen molar-refractivity contribution in [3.63, 3.8) is 0 Å². The summed E-state index contributed by atoms with van der Waals surface area (Å²) < 4.78 is 15.8. The van der Waals surface area contributed by atoms with E-state index >= 15 is 0 Å². The first-order valence-corrected chi connectivity index (χ1v) is 12.1. The Labute approximate surface area is 193 Å². The van der Waals surface area contributed by atoms with Crippen LogP contribution in [-0.2, 0) is 17.1 Å². The van der Waals surface area contributed by atoms with Gasteiger partial charge in [0.1, 0.15) is 5.03 Å². The molecule has 0 N–H and O–H groups in total. The average Bonchev–Trinajstić information content (AvgIpc) is 3.63. The van der Waals surface area contributed by atoms with Crippen LogP contribution in [0.25, 0.3) is 22.8 Å². The van der Waals surface area contributed by atoms with Crippen molar-refractivity contribution in [1.82, 2.24) is 25.3 Å². The van der Waals surface area contributed by atoms with Crippen LogP contribution in [0, 0.1) is 0 Å². The zero-order valence-electron chi connectivity index (χ0n) is 16.2. The van der Waals surface area contributed by atoms with E-state index < -0.39 is 5.97 Å². The number of thiophene rings is 2. The van der Waals surface area contributed by atoms with Crippen molar-refractivity contribution in [2.24, 2.45) is 0 Å². The average molecular weight is 484 g/mol. The second-order valence-corrected chi connectivity index (χ2v) is 8.79. The molecule has 0 atom stereocenters. The predicted octanol–water partition coefficient (Wildman–Crippen LogP) is 4.95. The van der Waals surface area contributed by atoms with Crippen molar-refractivity contribution in [3.8, 4) is 22.8 Å². The van der Waals surface area contributed by atoms with Gasteiger partial charge in [0.2, 0.25) is 17.5 Å². The molecule has 0 saturated carbocycles. The SMILES string of the molecule is O=C(OCc1nc(-c2ccsc2)no1)c1cccnc1SCc1nc(-c2ccsc2)no1. The number of rotatable bonds is 8. The van der Waals surface area contributed by atoms with E-state index in [2.05, 4.69) is 25.3 Å². The minimum absolute atomic E-state index is 0.136. The lowest BCUT2D eigenvalue weighted by molar-refractivity contribution is 0.0424. The highest BCUT2D eigenvalue weighted by Crippen LogP contribution is 2.26. The summed E-state index contributed by atoms with van der Waals surface area (Å²) in [5, 5.41) is 16.1. The normalized spacial score (nSPS) is 11.0. The summed E-state index contributed by atoms with van der Waals surface area (Å²) in [6, 6.07) is 7.12. The van der Waals surface area contributed by atoms with E-state index in [-0.39, 0.29) is 12.5 Å². The van der Waals surface area contributed by atoms with E-state index in [1.165, 1.54) is 23.1 Å². The third kappa shape index (κ3) is 4.61. The molecule has 0 fully saturated rings. The van der Waals surface area contributed by atoms with Crippen molar-refractivity contribution in [1.29, 1.82) is 0 Å². The maximum atomic E-state index is 12.6. The minimum atomic E-state index is -0.541. The van der Waals surface area contributed by atoms with Crippen molar-refractivity contribution < 1.29 is 18.6 Å².